The van der Waals surface area contributed by atoms with E-state index >= 15 is 0 Å². The van der Waals surface area contributed by atoms with Gasteiger partial charge in [0.25, 0.3) is 0 Å². The molecule has 0 aliphatic carbocycles. The SMILES string of the molecule is Cc1ccc(COc2cccc(/C=N/Nc3nc4ccccc4s3)c2)cc1. The van der Waals surface area contributed by atoms with Gasteiger partial charge in [0.2, 0.25) is 5.13 Å². The molecule has 0 unspecified atom stereocenters. The molecule has 4 nitrogen and oxygen atoms in total. The summed E-state index contributed by atoms with van der Waals surface area (Å²) in [5.41, 5.74) is 7.34. The lowest BCUT2D eigenvalue weighted by Crippen LogP contribution is -1.96. The zero-order chi connectivity index (χ0) is 18.5. The van der Waals surface area contributed by atoms with E-state index in [0.717, 1.165) is 32.2 Å². The molecule has 4 aromatic rings. The fraction of sp³-hybridized carbons (Fsp3) is 0.0909. The van der Waals surface area contributed by atoms with Crippen LogP contribution < -0.4 is 10.2 Å². The van der Waals surface area contributed by atoms with Crippen LogP contribution in [0.4, 0.5) is 5.13 Å². The van der Waals surface area contributed by atoms with Crippen LogP contribution in [0.1, 0.15) is 16.7 Å². The highest BCUT2D eigenvalue weighted by molar-refractivity contribution is 7.22. The number of para-hydroxylation sites is 1. The molecule has 1 heterocycles. The number of hydrogen-bond donors (Lipinski definition) is 1. The number of thiazole rings is 1. The number of ether oxygens (including phenoxy) is 1. The summed E-state index contributed by atoms with van der Waals surface area (Å²) in [5, 5.41) is 5.07. The summed E-state index contributed by atoms with van der Waals surface area (Å²) in [5.74, 6) is 0.819. The van der Waals surface area contributed by atoms with E-state index in [0.29, 0.717) is 6.61 Å². The third kappa shape index (κ3) is 4.51. The van der Waals surface area contributed by atoms with Crippen molar-refractivity contribution >= 4 is 32.9 Å². The van der Waals surface area contributed by atoms with Crippen LogP contribution in [0.2, 0.25) is 0 Å². The molecule has 1 aromatic heterocycles. The first kappa shape index (κ1) is 17.2. The minimum Gasteiger partial charge on any atom is -0.489 e. The van der Waals surface area contributed by atoms with E-state index in [1.807, 2.05) is 42.5 Å². The van der Waals surface area contributed by atoms with Crippen LogP contribution in [0.15, 0.2) is 77.9 Å². The molecule has 0 radical (unpaired) electrons. The molecule has 0 fully saturated rings. The van der Waals surface area contributed by atoms with Gasteiger partial charge in [-0.2, -0.15) is 5.10 Å². The molecule has 4 rings (SSSR count). The van der Waals surface area contributed by atoms with Crippen molar-refractivity contribution in [3.8, 4) is 5.75 Å². The molecule has 0 aliphatic heterocycles. The van der Waals surface area contributed by atoms with Crippen LogP contribution in [0.5, 0.6) is 5.75 Å². The first-order valence-electron chi connectivity index (χ1n) is 8.69. The first-order chi connectivity index (χ1) is 13.3. The Morgan fingerprint density at radius 1 is 1.04 bits per heavy atom. The highest BCUT2D eigenvalue weighted by Gasteiger charge is 2.01. The second kappa shape index (κ2) is 8.01. The maximum atomic E-state index is 5.88. The predicted molar refractivity (Wildman–Crippen MR) is 113 cm³/mol. The number of nitrogens with one attached hydrogen (secondary N) is 1. The van der Waals surface area contributed by atoms with Crippen LogP contribution in [0, 0.1) is 6.92 Å². The average molecular weight is 373 g/mol. The van der Waals surface area contributed by atoms with Gasteiger partial charge in [0.05, 0.1) is 16.4 Å². The Morgan fingerprint density at radius 3 is 2.74 bits per heavy atom. The Bertz CT molecular complexity index is 1040. The largest absolute Gasteiger partial charge is 0.489 e. The van der Waals surface area contributed by atoms with Crippen molar-refractivity contribution in [3.63, 3.8) is 0 Å². The average Bonchev–Trinajstić information content (AvgIpc) is 3.11. The maximum absolute atomic E-state index is 5.88. The number of hydrazone groups is 1. The lowest BCUT2D eigenvalue weighted by molar-refractivity contribution is 0.306. The summed E-state index contributed by atoms with van der Waals surface area (Å²) < 4.78 is 7.03. The van der Waals surface area contributed by atoms with Gasteiger partial charge < -0.3 is 4.74 Å². The summed E-state index contributed by atoms with van der Waals surface area (Å²) >= 11 is 1.58. The molecule has 3 aromatic carbocycles. The van der Waals surface area contributed by atoms with Gasteiger partial charge in [-0.3, -0.25) is 5.43 Å². The first-order valence-corrected chi connectivity index (χ1v) is 9.51. The Labute approximate surface area is 162 Å². The highest BCUT2D eigenvalue weighted by Crippen LogP contribution is 2.25. The summed E-state index contributed by atoms with van der Waals surface area (Å²) in [4.78, 5) is 4.50. The molecular formula is C22H19N3OS. The molecule has 27 heavy (non-hydrogen) atoms. The molecule has 1 N–H and O–H groups in total. The second-order valence-corrected chi connectivity index (χ2v) is 7.23. The van der Waals surface area contributed by atoms with E-state index in [4.69, 9.17) is 4.74 Å². The standard InChI is InChI=1S/C22H19N3OS/c1-16-9-11-17(12-10-16)15-26-19-6-4-5-18(13-19)14-23-25-22-24-20-7-2-3-8-21(20)27-22/h2-14H,15H2,1H3,(H,24,25)/b23-14+. The fourth-order valence-electron chi connectivity index (χ4n) is 2.62. The van der Waals surface area contributed by atoms with Crippen LogP contribution in [0.25, 0.3) is 10.2 Å². The predicted octanol–water partition coefficient (Wildman–Crippen LogP) is 5.63. The van der Waals surface area contributed by atoms with Crippen molar-refractivity contribution in [2.24, 2.45) is 5.10 Å². The Balaban J connectivity index is 1.38. The van der Waals surface area contributed by atoms with Crippen molar-refractivity contribution in [3.05, 3.63) is 89.5 Å². The zero-order valence-electron chi connectivity index (χ0n) is 14.9. The molecule has 134 valence electrons. The summed E-state index contributed by atoms with van der Waals surface area (Å²) in [6, 6.07) is 24.3. The Kier molecular flexibility index (Phi) is 5.12. The number of benzene rings is 3. The third-order valence-corrected chi connectivity index (χ3v) is 4.99. The van der Waals surface area contributed by atoms with Crippen molar-refractivity contribution in [2.45, 2.75) is 13.5 Å². The van der Waals surface area contributed by atoms with E-state index in [9.17, 15) is 0 Å². The van der Waals surface area contributed by atoms with Crippen LogP contribution in [0.3, 0.4) is 0 Å². The lowest BCUT2D eigenvalue weighted by atomic mass is 10.2. The highest BCUT2D eigenvalue weighted by atomic mass is 32.1. The van der Waals surface area contributed by atoms with Gasteiger partial charge >= 0.3 is 0 Å². The topological polar surface area (TPSA) is 46.5 Å². The van der Waals surface area contributed by atoms with Crippen molar-refractivity contribution in [1.82, 2.24) is 4.98 Å². The number of rotatable bonds is 6. The van der Waals surface area contributed by atoms with E-state index < -0.39 is 0 Å². The van der Waals surface area contributed by atoms with Gasteiger partial charge in [-0.15, -0.1) is 0 Å². The monoisotopic (exact) mass is 373 g/mol. The van der Waals surface area contributed by atoms with Gasteiger partial charge in [0.1, 0.15) is 12.4 Å². The van der Waals surface area contributed by atoms with Gasteiger partial charge in [-0.05, 0) is 42.3 Å². The van der Waals surface area contributed by atoms with Crippen LogP contribution in [-0.2, 0) is 6.61 Å². The minimum absolute atomic E-state index is 0.546. The number of hydrogen-bond acceptors (Lipinski definition) is 5. The summed E-state index contributed by atoms with van der Waals surface area (Å²) in [7, 11) is 0. The molecule has 5 heteroatoms. The molecule has 0 amide bonds. The van der Waals surface area contributed by atoms with E-state index in [-0.39, 0.29) is 0 Å². The minimum atomic E-state index is 0.546. The fourth-order valence-corrected chi connectivity index (χ4v) is 3.43. The van der Waals surface area contributed by atoms with Gasteiger partial charge in [-0.25, -0.2) is 4.98 Å². The van der Waals surface area contributed by atoms with Gasteiger partial charge in [0.15, 0.2) is 0 Å². The number of fused-ring (bicyclic) bond motifs is 1. The number of aryl methyl sites for hydroxylation is 1. The van der Waals surface area contributed by atoms with Crippen molar-refractivity contribution in [1.29, 1.82) is 0 Å². The number of aromatic nitrogens is 1. The molecule has 0 bridgehead atoms. The normalized spacial score (nSPS) is 11.1. The quantitative estimate of drug-likeness (QED) is 0.352. The van der Waals surface area contributed by atoms with Crippen molar-refractivity contribution < 1.29 is 4.74 Å². The summed E-state index contributed by atoms with van der Waals surface area (Å²) in [6.45, 7) is 2.63. The van der Waals surface area contributed by atoms with E-state index in [1.54, 1.807) is 17.6 Å². The van der Waals surface area contributed by atoms with Crippen molar-refractivity contribution in [2.75, 3.05) is 5.43 Å². The zero-order valence-corrected chi connectivity index (χ0v) is 15.7. The number of nitrogens with zero attached hydrogens (tertiary/aromatic N) is 2. The van der Waals surface area contributed by atoms with Crippen LogP contribution >= 0.6 is 11.3 Å². The second-order valence-electron chi connectivity index (χ2n) is 6.20. The Morgan fingerprint density at radius 2 is 1.89 bits per heavy atom. The van der Waals surface area contributed by atoms with E-state index in [2.05, 4.69) is 52.8 Å². The molecule has 0 saturated heterocycles. The van der Waals surface area contributed by atoms with E-state index in [1.165, 1.54) is 5.56 Å². The third-order valence-electron chi connectivity index (χ3n) is 4.05. The molecule has 0 saturated carbocycles. The lowest BCUT2D eigenvalue weighted by Gasteiger charge is -2.07. The number of anilines is 1. The maximum Gasteiger partial charge on any atom is 0.204 e. The molecule has 0 spiro atoms. The smallest absolute Gasteiger partial charge is 0.204 e. The van der Waals surface area contributed by atoms with Gasteiger partial charge in [-0.1, -0.05) is 65.4 Å². The van der Waals surface area contributed by atoms with Crippen LogP contribution in [-0.4, -0.2) is 11.2 Å². The molecule has 0 atom stereocenters. The molecular weight excluding hydrogens is 354 g/mol. The Hall–Kier alpha value is -3.18. The molecule has 0 aliphatic rings. The van der Waals surface area contributed by atoms with Gasteiger partial charge in [0, 0.05) is 0 Å². The summed E-state index contributed by atoms with van der Waals surface area (Å²) in [6.07, 6.45) is 1.77.